The van der Waals surface area contributed by atoms with Crippen LogP contribution in [-0.2, 0) is 9.53 Å². The second kappa shape index (κ2) is 9.97. The minimum atomic E-state index is -0.488. The van der Waals surface area contributed by atoms with Crippen LogP contribution in [0.15, 0.2) is 30.9 Å². The predicted molar refractivity (Wildman–Crippen MR) is 102 cm³/mol. The van der Waals surface area contributed by atoms with Crippen molar-refractivity contribution in [3.8, 4) is 11.5 Å². The highest BCUT2D eigenvalue weighted by Gasteiger charge is 2.28. The van der Waals surface area contributed by atoms with Crippen LogP contribution in [0.3, 0.4) is 0 Å². The molecule has 2 rings (SSSR count). The Balaban J connectivity index is 1.92. The normalized spacial score (nSPS) is 15.2. The number of hydrogen-bond acceptors (Lipinski definition) is 5. The summed E-state index contributed by atoms with van der Waals surface area (Å²) in [5.74, 6) is 0.966. The first-order valence-corrected chi connectivity index (χ1v) is 9.04. The predicted octanol–water partition coefficient (Wildman–Crippen LogP) is 1.97. The van der Waals surface area contributed by atoms with Crippen LogP contribution in [-0.4, -0.2) is 74.7 Å². The fraction of sp³-hybridized carbons (Fsp3) is 0.500. The molecule has 0 radical (unpaired) electrons. The highest BCUT2D eigenvalue weighted by Crippen LogP contribution is 2.28. The molecule has 1 atom stereocenters. The number of rotatable bonds is 8. The fourth-order valence-corrected chi connectivity index (χ4v) is 2.94. The van der Waals surface area contributed by atoms with Crippen molar-refractivity contribution in [1.29, 1.82) is 0 Å². The molecular formula is C20H28N2O5. The smallest absolute Gasteiger partial charge is 0.254 e. The van der Waals surface area contributed by atoms with Gasteiger partial charge in [0.2, 0.25) is 0 Å². The summed E-state index contributed by atoms with van der Waals surface area (Å²) in [6.07, 6.45) is 1.99. The summed E-state index contributed by atoms with van der Waals surface area (Å²) >= 11 is 0. The molecule has 7 heteroatoms. The second-order valence-corrected chi connectivity index (χ2v) is 6.28. The fourth-order valence-electron chi connectivity index (χ4n) is 2.94. The zero-order valence-corrected chi connectivity index (χ0v) is 16.3. The van der Waals surface area contributed by atoms with Crippen molar-refractivity contribution in [1.82, 2.24) is 9.80 Å². The Morgan fingerprint density at radius 2 is 1.74 bits per heavy atom. The Labute approximate surface area is 160 Å². The number of ether oxygens (including phenoxy) is 3. The molecule has 7 nitrogen and oxygen atoms in total. The highest BCUT2D eigenvalue weighted by molar-refractivity contribution is 5.95. The van der Waals surface area contributed by atoms with E-state index in [0.717, 1.165) is 0 Å². The molecule has 0 bridgehead atoms. The number of carbonyl (C=O) groups is 2. The number of piperazine rings is 1. The van der Waals surface area contributed by atoms with E-state index < -0.39 is 6.10 Å². The summed E-state index contributed by atoms with van der Waals surface area (Å²) in [7, 11) is 3.09. The largest absolute Gasteiger partial charge is 0.493 e. The van der Waals surface area contributed by atoms with Crippen LogP contribution in [0.2, 0.25) is 0 Å². The van der Waals surface area contributed by atoms with Gasteiger partial charge in [0.05, 0.1) is 20.8 Å². The monoisotopic (exact) mass is 376 g/mol. The van der Waals surface area contributed by atoms with E-state index in [0.29, 0.717) is 56.3 Å². The van der Waals surface area contributed by atoms with E-state index in [-0.39, 0.29) is 11.8 Å². The molecule has 0 saturated carbocycles. The Kier molecular flexibility index (Phi) is 7.67. The molecule has 1 unspecified atom stereocenters. The first-order chi connectivity index (χ1) is 13.0. The van der Waals surface area contributed by atoms with Gasteiger partial charge in [0, 0.05) is 31.7 Å². The van der Waals surface area contributed by atoms with Gasteiger partial charge in [-0.05, 0) is 31.5 Å². The van der Waals surface area contributed by atoms with Crippen molar-refractivity contribution in [3.63, 3.8) is 0 Å². The lowest BCUT2D eigenvalue weighted by Crippen LogP contribution is -2.52. The lowest BCUT2D eigenvalue weighted by atomic mass is 10.1. The van der Waals surface area contributed by atoms with Crippen LogP contribution >= 0.6 is 0 Å². The first-order valence-electron chi connectivity index (χ1n) is 9.04. The Bertz CT molecular complexity index is 668. The Morgan fingerprint density at radius 3 is 2.33 bits per heavy atom. The van der Waals surface area contributed by atoms with Crippen molar-refractivity contribution in [2.75, 3.05) is 47.0 Å². The van der Waals surface area contributed by atoms with Gasteiger partial charge < -0.3 is 24.0 Å². The molecule has 1 saturated heterocycles. The van der Waals surface area contributed by atoms with Crippen molar-refractivity contribution in [3.05, 3.63) is 36.4 Å². The summed E-state index contributed by atoms with van der Waals surface area (Å²) in [6, 6.07) is 5.11. The van der Waals surface area contributed by atoms with Gasteiger partial charge in [0.1, 0.15) is 6.10 Å². The molecule has 2 amide bonds. The van der Waals surface area contributed by atoms with Crippen LogP contribution in [0.4, 0.5) is 0 Å². The number of benzene rings is 1. The summed E-state index contributed by atoms with van der Waals surface area (Å²) in [6.45, 7) is 7.83. The van der Waals surface area contributed by atoms with Crippen LogP contribution in [0.25, 0.3) is 0 Å². The maximum Gasteiger partial charge on any atom is 0.254 e. The molecule has 1 fully saturated rings. The van der Waals surface area contributed by atoms with E-state index >= 15 is 0 Å². The van der Waals surface area contributed by atoms with E-state index in [9.17, 15) is 9.59 Å². The molecule has 0 aromatic heterocycles. The van der Waals surface area contributed by atoms with Crippen molar-refractivity contribution >= 4 is 11.8 Å². The molecule has 1 heterocycles. The maximum absolute atomic E-state index is 12.7. The molecule has 148 valence electrons. The standard InChI is InChI=1S/C20H28N2O5/c1-5-6-13-27-15(2)19(23)21-9-11-22(12-10-21)20(24)16-7-8-17(25-3)18(14-16)26-4/h5,7-8,14-15H,1,6,9-13H2,2-4H3. The average molecular weight is 376 g/mol. The van der Waals surface area contributed by atoms with E-state index in [1.807, 2.05) is 0 Å². The van der Waals surface area contributed by atoms with E-state index in [1.54, 1.807) is 48.1 Å². The summed E-state index contributed by atoms with van der Waals surface area (Å²) in [5, 5.41) is 0. The summed E-state index contributed by atoms with van der Waals surface area (Å²) in [5.41, 5.74) is 0.536. The topological polar surface area (TPSA) is 68.3 Å². The van der Waals surface area contributed by atoms with Gasteiger partial charge in [-0.1, -0.05) is 6.08 Å². The number of nitrogens with zero attached hydrogens (tertiary/aromatic N) is 2. The van der Waals surface area contributed by atoms with Crippen molar-refractivity contribution < 1.29 is 23.8 Å². The lowest BCUT2D eigenvalue weighted by Gasteiger charge is -2.36. The van der Waals surface area contributed by atoms with Crippen LogP contribution in [0.1, 0.15) is 23.7 Å². The van der Waals surface area contributed by atoms with Gasteiger partial charge >= 0.3 is 0 Å². The molecule has 27 heavy (non-hydrogen) atoms. The third-order valence-corrected chi connectivity index (χ3v) is 4.55. The first kappa shape index (κ1) is 20.8. The average Bonchev–Trinajstić information content (AvgIpc) is 2.72. The van der Waals surface area contributed by atoms with Gasteiger partial charge in [-0.25, -0.2) is 0 Å². The molecule has 0 spiro atoms. The van der Waals surface area contributed by atoms with Gasteiger partial charge in [-0.3, -0.25) is 9.59 Å². The van der Waals surface area contributed by atoms with Crippen LogP contribution in [0, 0.1) is 0 Å². The van der Waals surface area contributed by atoms with Crippen LogP contribution in [0.5, 0.6) is 11.5 Å². The number of hydrogen-bond donors (Lipinski definition) is 0. The zero-order valence-electron chi connectivity index (χ0n) is 16.3. The highest BCUT2D eigenvalue weighted by atomic mass is 16.5. The SMILES string of the molecule is C=CCCOC(C)C(=O)N1CCN(C(=O)c2ccc(OC)c(OC)c2)CC1. The number of amides is 2. The lowest BCUT2D eigenvalue weighted by molar-refractivity contribution is -0.144. The number of methoxy groups -OCH3 is 2. The van der Waals surface area contributed by atoms with E-state index in [4.69, 9.17) is 14.2 Å². The zero-order chi connectivity index (χ0) is 19.8. The minimum Gasteiger partial charge on any atom is -0.493 e. The third kappa shape index (κ3) is 5.23. The molecule has 0 aliphatic carbocycles. The Hall–Kier alpha value is -2.54. The second-order valence-electron chi connectivity index (χ2n) is 6.28. The molecule has 1 aliphatic heterocycles. The summed E-state index contributed by atoms with van der Waals surface area (Å²) in [4.78, 5) is 28.7. The van der Waals surface area contributed by atoms with Gasteiger partial charge in [-0.15, -0.1) is 6.58 Å². The number of carbonyl (C=O) groups excluding carboxylic acids is 2. The maximum atomic E-state index is 12.7. The van der Waals surface area contributed by atoms with Crippen LogP contribution < -0.4 is 9.47 Å². The van der Waals surface area contributed by atoms with Crippen molar-refractivity contribution in [2.24, 2.45) is 0 Å². The van der Waals surface area contributed by atoms with Crippen molar-refractivity contribution in [2.45, 2.75) is 19.4 Å². The quantitative estimate of drug-likeness (QED) is 0.513. The molecule has 1 aromatic carbocycles. The van der Waals surface area contributed by atoms with Gasteiger partial charge in [-0.2, -0.15) is 0 Å². The van der Waals surface area contributed by atoms with E-state index in [1.165, 1.54) is 7.11 Å². The molecular weight excluding hydrogens is 348 g/mol. The minimum absolute atomic E-state index is 0.0442. The third-order valence-electron chi connectivity index (χ3n) is 4.55. The summed E-state index contributed by atoms with van der Waals surface area (Å²) < 4.78 is 16.0. The van der Waals surface area contributed by atoms with Gasteiger partial charge in [0.25, 0.3) is 11.8 Å². The van der Waals surface area contributed by atoms with Gasteiger partial charge in [0.15, 0.2) is 11.5 Å². The Morgan fingerprint density at radius 1 is 1.11 bits per heavy atom. The molecule has 0 N–H and O–H groups in total. The molecule has 1 aliphatic rings. The van der Waals surface area contributed by atoms with E-state index in [2.05, 4.69) is 6.58 Å². The molecule has 1 aromatic rings.